The lowest BCUT2D eigenvalue weighted by molar-refractivity contribution is 0.0691. The number of hydrogen-bond donors (Lipinski definition) is 3. The van der Waals surface area contributed by atoms with Crippen LogP contribution in [-0.2, 0) is 19.3 Å². The SMILES string of the molecule is CCCc1c(O)c(O)c(C(=O)O)c(CCC)c1CCC. The van der Waals surface area contributed by atoms with E-state index >= 15 is 0 Å². The zero-order valence-corrected chi connectivity index (χ0v) is 12.5. The maximum Gasteiger partial charge on any atom is 0.339 e. The van der Waals surface area contributed by atoms with Crippen LogP contribution in [0.15, 0.2) is 0 Å². The fourth-order valence-electron chi connectivity index (χ4n) is 2.71. The van der Waals surface area contributed by atoms with Gasteiger partial charge in [0.1, 0.15) is 5.56 Å². The van der Waals surface area contributed by atoms with Gasteiger partial charge in [-0.2, -0.15) is 0 Å². The summed E-state index contributed by atoms with van der Waals surface area (Å²) in [7, 11) is 0. The lowest BCUT2D eigenvalue weighted by Crippen LogP contribution is -2.10. The van der Waals surface area contributed by atoms with Crippen LogP contribution in [-0.4, -0.2) is 21.3 Å². The second-order valence-electron chi connectivity index (χ2n) is 5.06. The Hall–Kier alpha value is -1.71. The minimum absolute atomic E-state index is 0.132. The number of carboxylic acids is 1. The average Bonchev–Trinajstić information content (AvgIpc) is 2.39. The van der Waals surface area contributed by atoms with Gasteiger partial charge >= 0.3 is 5.97 Å². The first-order valence-electron chi connectivity index (χ1n) is 7.31. The molecule has 1 aromatic rings. The van der Waals surface area contributed by atoms with Gasteiger partial charge < -0.3 is 15.3 Å². The smallest absolute Gasteiger partial charge is 0.339 e. The first-order chi connectivity index (χ1) is 9.49. The number of aromatic carboxylic acids is 1. The fraction of sp³-hybridized carbons (Fsp3) is 0.562. The molecule has 1 rings (SSSR count). The van der Waals surface area contributed by atoms with Gasteiger partial charge in [-0.1, -0.05) is 40.0 Å². The summed E-state index contributed by atoms with van der Waals surface area (Å²) in [5.74, 6) is -1.92. The molecular weight excluding hydrogens is 256 g/mol. The van der Waals surface area contributed by atoms with E-state index in [1.54, 1.807) is 0 Å². The highest BCUT2D eigenvalue weighted by atomic mass is 16.4. The molecule has 0 unspecified atom stereocenters. The van der Waals surface area contributed by atoms with Gasteiger partial charge in [0.15, 0.2) is 11.5 Å². The molecule has 4 heteroatoms. The molecule has 0 aliphatic rings. The Morgan fingerprint density at radius 1 is 0.800 bits per heavy atom. The Balaban J connectivity index is 3.66. The summed E-state index contributed by atoms with van der Waals surface area (Å²) < 4.78 is 0. The molecule has 0 aliphatic heterocycles. The van der Waals surface area contributed by atoms with Crippen LogP contribution in [0, 0.1) is 0 Å². The predicted octanol–water partition coefficient (Wildman–Crippen LogP) is 3.65. The molecule has 0 aliphatic carbocycles. The van der Waals surface area contributed by atoms with Crippen molar-refractivity contribution in [2.75, 3.05) is 0 Å². The van der Waals surface area contributed by atoms with Crippen molar-refractivity contribution in [1.29, 1.82) is 0 Å². The summed E-state index contributed by atoms with van der Waals surface area (Å²) in [5, 5.41) is 29.5. The van der Waals surface area contributed by atoms with Crippen molar-refractivity contribution in [1.82, 2.24) is 0 Å². The van der Waals surface area contributed by atoms with Gasteiger partial charge in [0.25, 0.3) is 0 Å². The minimum atomic E-state index is -1.18. The molecule has 0 bridgehead atoms. The highest BCUT2D eigenvalue weighted by Crippen LogP contribution is 2.40. The van der Waals surface area contributed by atoms with E-state index in [2.05, 4.69) is 0 Å². The standard InChI is InChI=1S/C16H24O4/c1-4-7-10-11(8-5-2)13(16(19)20)15(18)14(17)12(10)9-6-3/h17-18H,4-9H2,1-3H3,(H,19,20). The molecule has 0 radical (unpaired) electrons. The number of rotatable bonds is 7. The van der Waals surface area contributed by atoms with E-state index in [4.69, 9.17) is 0 Å². The lowest BCUT2D eigenvalue weighted by atomic mass is 9.87. The summed E-state index contributed by atoms with van der Waals surface area (Å²) in [6.07, 6.45) is 4.47. The highest BCUT2D eigenvalue weighted by molar-refractivity contribution is 5.94. The van der Waals surface area contributed by atoms with E-state index in [1.807, 2.05) is 20.8 Å². The molecule has 0 heterocycles. The Labute approximate surface area is 120 Å². The van der Waals surface area contributed by atoms with E-state index in [-0.39, 0.29) is 11.3 Å². The monoisotopic (exact) mass is 280 g/mol. The highest BCUT2D eigenvalue weighted by Gasteiger charge is 2.25. The van der Waals surface area contributed by atoms with Crippen LogP contribution >= 0.6 is 0 Å². The van der Waals surface area contributed by atoms with Crippen LogP contribution in [0.1, 0.15) is 67.1 Å². The zero-order chi connectivity index (χ0) is 15.3. The third-order valence-corrected chi connectivity index (χ3v) is 3.49. The van der Waals surface area contributed by atoms with Gasteiger partial charge in [-0.3, -0.25) is 0 Å². The molecule has 0 spiro atoms. The van der Waals surface area contributed by atoms with E-state index in [1.165, 1.54) is 0 Å². The van der Waals surface area contributed by atoms with E-state index in [9.17, 15) is 20.1 Å². The molecule has 0 amide bonds. The summed E-state index contributed by atoms with van der Waals surface area (Å²) in [4.78, 5) is 11.4. The molecule has 0 fully saturated rings. The second-order valence-corrected chi connectivity index (χ2v) is 5.06. The van der Waals surface area contributed by atoms with E-state index in [0.717, 1.165) is 31.2 Å². The van der Waals surface area contributed by atoms with Gasteiger partial charge in [0.2, 0.25) is 0 Å². The Kier molecular flexibility index (Phi) is 5.86. The fourth-order valence-corrected chi connectivity index (χ4v) is 2.71. The molecule has 4 nitrogen and oxygen atoms in total. The number of hydrogen-bond acceptors (Lipinski definition) is 3. The van der Waals surface area contributed by atoms with Gasteiger partial charge in [0.05, 0.1) is 0 Å². The molecule has 20 heavy (non-hydrogen) atoms. The minimum Gasteiger partial charge on any atom is -0.504 e. The quantitative estimate of drug-likeness (QED) is 0.666. The van der Waals surface area contributed by atoms with Crippen LogP contribution in [0.4, 0.5) is 0 Å². The third-order valence-electron chi connectivity index (χ3n) is 3.49. The second kappa shape index (κ2) is 7.17. The maximum atomic E-state index is 11.4. The predicted molar refractivity (Wildman–Crippen MR) is 78.7 cm³/mol. The van der Waals surface area contributed by atoms with Crippen LogP contribution in [0.3, 0.4) is 0 Å². The molecule has 0 saturated heterocycles. The lowest BCUT2D eigenvalue weighted by Gasteiger charge is -2.19. The summed E-state index contributed by atoms with van der Waals surface area (Å²) in [6, 6.07) is 0. The van der Waals surface area contributed by atoms with Crippen molar-refractivity contribution in [2.24, 2.45) is 0 Å². The van der Waals surface area contributed by atoms with Crippen molar-refractivity contribution >= 4 is 5.97 Å². The van der Waals surface area contributed by atoms with E-state index in [0.29, 0.717) is 24.0 Å². The number of benzene rings is 1. The number of carbonyl (C=O) groups is 1. The topological polar surface area (TPSA) is 77.8 Å². The summed E-state index contributed by atoms with van der Waals surface area (Å²) in [5.41, 5.74) is 2.16. The number of phenols is 2. The maximum absolute atomic E-state index is 11.4. The average molecular weight is 280 g/mol. The zero-order valence-electron chi connectivity index (χ0n) is 12.5. The molecule has 1 aromatic carbocycles. The van der Waals surface area contributed by atoms with Gasteiger partial charge in [-0.25, -0.2) is 4.79 Å². The molecule has 0 saturated carbocycles. The third kappa shape index (κ3) is 3.06. The van der Waals surface area contributed by atoms with Crippen molar-refractivity contribution in [3.05, 3.63) is 22.3 Å². The van der Waals surface area contributed by atoms with E-state index < -0.39 is 11.7 Å². The largest absolute Gasteiger partial charge is 0.504 e. The number of aromatic hydroxyl groups is 2. The van der Waals surface area contributed by atoms with Crippen LogP contribution in [0.2, 0.25) is 0 Å². The molecule has 3 N–H and O–H groups in total. The molecule has 0 aromatic heterocycles. The molecule has 112 valence electrons. The summed E-state index contributed by atoms with van der Waals surface area (Å²) in [6.45, 7) is 6.00. The van der Waals surface area contributed by atoms with Crippen molar-refractivity contribution in [3.8, 4) is 11.5 Å². The van der Waals surface area contributed by atoms with Crippen molar-refractivity contribution in [3.63, 3.8) is 0 Å². The van der Waals surface area contributed by atoms with Gasteiger partial charge in [-0.05, 0) is 30.4 Å². The number of phenolic OH excluding ortho intramolecular Hbond substituents is 1. The Morgan fingerprint density at radius 2 is 1.25 bits per heavy atom. The van der Waals surface area contributed by atoms with Crippen molar-refractivity contribution in [2.45, 2.75) is 59.3 Å². The van der Waals surface area contributed by atoms with Gasteiger partial charge in [0, 0.05) is 5.56 Å². The van der Waals surface area contributed by atoms with Crippen LogP contribution in [0.25, 0.3) is 0 Å². The Morgan fingerprint density at radius 3 is 1.70 bits per heavy atom. The normalized spacial score (nSPS) is 10.8. The van der Waals surface area contributed by atoms with Gasteiger partial charge in [-0.15, -0.1) is 0 Å². The Bertz CT molecular complexity index is 492. The van der Waals surface area contributed by atoms with Crippen LogP contribution < -0.4 is 0 Å². The van der Waals surface area contributed by atoms with Crippen molar-refractivity contribution < 1.29 is 20.1 Å². The first kappa shape index (κ1) is 16.3. The first-order valence-corrected chi connectivity index (χ1v) is 7.31. The molecule has 0 atom stereocenters. The molecular formula is C16H24O4. The summed E-state index contributed by atoms with van der Waals surface area (Å²) >= 11 is 0. The number of carboxylic acid groups (broad SMARTS) is 1. The van der Waals surface area contributed by atoms with Crippen LogP contribution in [0.5, 0.6) is 11.5 Å².